The monoisotopic (exact) mass is 469 g/mol. The summed E-state index contributed by atoms with van der Waals surface area (Å²) in [5.74, 6) is 0.00808. The van der Waals surface area contributed by atoms with Gasteiger partial charge < -0.3 is 15.1 Å². The fraction of sp³-hybridized carbons (Fsp3) is 0.321. The smallest absolute Gasteiger partial charge is 0.251 e. The third-order valence-electron chi connectivity index (χ3n) is 6.87. The Morgan fingerprint density at radius 2 is 1.77 bits per heavy atom. The molecule has 1 N–H and O–H groups in total. The molecule has 2 aromatic carbocycles. The largest absolute Gasteiger partial charge is 0.378 e. The van der Waals surface area contributed by atoms with E-state index in [4.69, 9.17) is 0 Å². The third kappa shape index (κ3) is 4.99. The lowest BCUT2D eigenvalue weighted by atomic mass is 9.86. The standard InChI is InChI=1S/C28H31N5O2/c1-31(2)24-12-9-20(10-13-24)25-6-3-4-7-26(25)28(35)30-23-11-8-21-17-32(18-22(21)16-23)27(34)19-33-15-5-14-29-33/h5,8-16H,3-4,6-7,17-19H2,1-2H3,(H,30,35). The van der Waals surface area contributed by atoms with Gasteiger partial charge in [0.1, 0.15) is 6.54 Å². The molecule has 2 heterocycles. The van der Waals surface area contributed by atoms with Crippen molar-refractivity contribution in [1.29, 1.82) is 0 Å². The fourth-order valence-corrected chi connectivity index (χ4v) is 4.92. The van der Waals surface area contributed by atoms with Gasteiger partial charge in [0.25, 0.3) is 5.91 Å². The number of allylic oxidation sites excluding steroid dienone is 1. The molecule has 0 fully saturated rings. The van der Waals surface area contributed by atoms with Crippen LogP contribution in [0.4, 0.5) is 11.4 Å². The van der Waals surface area contributed by atoms with Crippen molar-refractivity contribution < 1.29 is 9.59 Å². The van der Waals surface area contributed by atoms with Crippen molar-refractivity contribution in [2.24, 2.45) is 0 Å². The molecule has 0 saturated heterocycles. The summed E-state index contributed by atoms with van der Waals surface area (Å²) >= 11 is 0. The molecule has 7 heteroatoms. The summed E-state index contributed by atoms with van der Waals surface area (Å²) in [7, 11) is 4.05. The first-order valence-electron chi connectivity index (χ1n) is 12.2. The van der Waals surface area contributed by atoms with Crippen LogP contribution in [0.2, 0.25) is 0 Å². The average molecular weight is 470 g/mol. The second-order valence-electron chi connectivity index (χ2n) is 9.50. The first-order valence-corrected chi connectivity index (χ1v) is 12.2. The molecule has 180 valence electrons. The summed E-state index contributed by atoms with van der Waals surface area (Å²) in [5.41, 5.74) is 7.27. The maximum atomic E-state index is 13.3. The number of hydrogen-bond donors (Lipinski definition) is 1. The molecule has 0 spiro atoms. The molecule has 0 radical (unpaired) electrons. The first kappa shape index (κ1) is 22.9. The van der Waals surface area contributed by atoms with Gasteiger partial charge in [-0.05, 0) is 78.3 Å². The van der Waals surface area contributed by atoms with Crippen LogP contribution in [0.5, 0.6) is 0 Å². The molecule has 1 aliphatic heterocycles. The second-order valence-corrected chi connectivity index (χ2v) is 9.50. The van der Waals surface area contributed by atoms with Crippen molar-refractivity contribution in [3.8, 4) is 0 Å². The number of nitrogens with one attached hydrogen (secondary N) is 1. The van der Waals surface area contributed by atoms with Crippen LogP contribution in [0, 0.1) is 0 Å². The highest BCUT2D eigenvalue weighted by molar-refractivity contribution is 6.09. The molecule has 0 bridgehead atoms. The van der Waals surface area contributed by atoms with Crippen LogP contribution in [-0.2, 0) is 29.2 Å². The Labute approximate surface area is 206 Å². The zero-order valence-electron chi connectivity index (χ0n) is 20.3. The van der Waals surface area contributed by atoms with Gasteiger partial charge in [-0.2, -0.15) is 5.10 Å². The van der Waals surface area contributed by atoms with Gasteiger partial charge in [0, 0.05) is 56.5 Å². The highest BCUT2D eigenvalue weighted by Crippen LogP contribution is 2.34. The molecular formula is C28H31N5O2. The number of amides is 2. The molecule has 35 heavy (non-hydrogen) atoms. The highest BCUT2D eigenvalue weighted by atomic mass is 16.2. The Balaban J connectivity index is 1.30. The maximum absolute atomic E-state index is 13.3. The van der Waals surface area contributed by atoms with E-state index in [0.717, 1.165) is 64.9 Å². The molecule has 3 aromatic rings. The summed E-state index contributed by atoms with van der Waals surface area (Å²) in [5, 5.41) is 7.25. The Morgan fingerprint density at radius 1 is 1.00 bits per heavy atom. The normalized spacial score (nSPS) is 15.2. The molecule has 2 aliphatic rings. The average Bonchev–Trinajstić information content (AvgIpc) is 3.53. The van der Waals surface area contributed by atoms with Crippen LogP contribution < -0.4 is 10.2 Å². The Kier molecular flexibility index (Phi) is 6.40. The minimum atomic E-state index is -0.0269. The Hall–Kier alpha value is -3.87. The van der Waals surface area contributed by atoms with Gasteiger partial charge in [-0.3, -0.25) is 14.3 Å². The van der Waals surface area contributed by atoms with Gasteiger partial charge in [0.2, 0.25) is 5.91 Å². The Bertz CT molecular complexity index is 1260. The van der Waals surface area contributed by atoms with Gasteiger partial charge in [-0.25, -0.2) is 0 Å². The van der Waals surface area contributed by atoms with E-state index in [0.29, 0.717) is 13.1 Å². The molecule has 0 unspecified atom stereocenters. The van der Waals surface area contributed by atoms with E-state index < -0.39 is 0 Å². The van der Waals surface area contributed by atoms with Gasteiger partial charge in [0.15, 0.2) is 0 Å². The molecular weight excluding hydrogens is 438 g/mol. The lowest BCUT2D eigenvalue weighted by Gasteiger charge is -2.21. The van der Waals surface area contributed by atoms with Crippen LogP contribution in [-0.4, -0.2) is 40.6 Å². The first-order chi connectivity index (χ1) is 17.0. The zero-order valence-corrected chi connectivity index (χ0v) is 20.3. The number of rotatable bonds is 6. The molecule has 2 amide bonds. The van der Waals surface area contributed by atoms with Crippen molar-refractivity contribution in [2.75, 3.05) is 24.3 Å². The van der Waals surface area contributed by atoms with Crippen LogP contribution in [0.1, 0.15) is 42.4 Å². The number of aromatic nitrogens is 2. The van der Waals surface area contributed by atoms with E-state index >= 15 is 0 Å². The van der Waals surface area contributed by atoms with Crippen molar-refractivity contribution >= 4 is 28.8 Å². The van der Waals surface area contributed by atoms with Crippen molar-refractivity contribution in [3.05, 3.63) is 83.2 Å². The number of benzene rings is 2. The van der Waals surface area contributed by atoms with E-state index in [9.17, 15) is 9.59 Å². The number of carbonyl (C=O) groups is 2. The van der Waals surface area contributed by atoms with Crippen LogP contribution >= 0.6 is 0 Å². The number of nitrogens with zero attached hydrogens (tertiary/aromatic N) is 4. The van der Waals surface area contributed by atoms with Gasteiger partial charge in [0.05, 0.1) is 0 Å². The second kappa shape index (κ2) is 9.78. The van der Waals surface area contributed by atoms with E-state index in [2.05, 4.69) is 39.6 Å². The number of fused-ring (bicyclic) bond motifs is 1. The highest BCUT2D eigenvalue weighted by Gasteiger charge is 2.25. The summed E-state index contributed by atoms with van der Waals surface area (Å²) < 4.78 is 1.64. The number of hydrogen-bond acceptors (Lipinski definition) is 4. The Morgan fingerprint density at radius 3 is 2.51 bits per heavy atom. The van der Waals surface area contributed by atoms with Crippen LogP contribution in [0.15, 0.2) is 66.5 Å². The summed E-state index contributed by atoms with van der Waals surface area (Å²) in [4.78, 5) is 29.9. The predicted octanol–water partition coefficient (Wildman–Crippen LogP) is 4.46. The minimum absolute atomic E-state index is 0.0269. The van der Waals surface area contributed by atoms with Crippen LogP contribution in [0.3, 0.4) is 0 Å². The lowest BCUT2D eigenvalue weighted by molar-refractivity contribution is -0.132. The quantitative estimate of drug-likeness (QED) is 0.579. The van der Waals surface area contributed by atoms with E-state index in [1.807, 2.05) is 43.3 Å². The van der Waals surface area contributed by atoms with Crippen LogP contribution in [0.25, 0.3) is 5.57 Å². The predicted molar refractivity (Wildman–Crippen MR) is 138 cm³/mol. The lowest BCUT2D eigenvalue weighted by Crippen LogP contribution is -2.29. The molecule has 0 saturated carbocycles. The zero-order chi connectivity index (χ0) is 24.4. The molecule has 1 aromatic heterocycles. The number of carbonyl (C=O) groups excluding carboxylic acids is 2. The van der Waals surface area contributed by atoms with Crippen molar-refractivity contribution in [1.82, 2.24) is 14.7 Å². The molecule has 1 aliphatic carbocycles. The van der Waals surface area contributed by atoms with E-state index in [1.54, 1.807) is 17.1 Å². The molecule has 0 atom stereocenters. The van der Waals surface area contributed by atoms with Gasteiger partial charge in [-0.15, -0.1) is 0 Å². The summed E-state index contributed by atoms with van der Waals surface area (Å²) in [6.07, 6.45) is 7.30. The SMILES string of the molecule is CN(C)c1ccc(C2=C(C(=O)Nc3ccc4c(c3)CN(C(=O)Cn3cccn3)C4)CCCC2)cc1. The van der Waals surface area contributed by atoms with Crippen molar-refractivity contribution in [3.63, 3.8) is 0 Å². The van der Waals surface area contributed by atoms with E-state index in [1.165, 1.54) is 0 Å². The topological polar surface area (TPSA) is 70.5 Å². The van der Waals surface area contributed by atoms with Gasteiger partial charge in [-0.1, -0.05) is 18.2 Å². The minimum Gasteiger partial charge on any atom is -0.378 e. The van der Waals surface area contributed by atoms with Gasteiger partial charge >= 0.3 is 0 Å². The fourth-order valence-electron chi connectivity index (χ4n) is 4.92. The summed E-state index contributed by atoms with van der Waals surface area (Å²) in [6.45, 7) is 1.37. The number of anilines is 2. The third-order valence-corrected chi connectivity index (χ3v) is 6.87. The maximum Gasteiger partial charge on any atom is 0.251 e. The molecule has 5 rings (SSSR count). The molecule has 7 nitrogen and oxygen atoms in total. The van der Waals surface area contributed by atoms with Crippen molar-refractivity contribution in [2.45, 2.75) is 45.3 Å². The summed E-state index contributed by atoms with van der Waals surface area (Å²) in [6, 6.07) is 16.2. The van der Waals surface area contributed by atoms with E-state index in [-0.39, 0.29) is 18.4 Å².